The Morgan fingerprint density at radius 2 is 0.611 bits per heavy atom. The van der Waals surface area contributed by atoms with E-state index in [1.165, 1.54) is 180 Å². The first-order valence-corrected chi connectivity index (χ1v) is 30.7. The van der Waals surface area contributed by atoms with Crippen LogP contribution in [-0.2, 0) is 4.79 Å². The molecule has 2 atom stereocenters. The molecule has 0 radical (unpaired) electrons. The lowest BCUT2D eigenvalue weighted by atomic mass is 10.0. The van der Waals surface area contributed by atoms with Crippen molar-refractivity contribution in [3.8, 4) is 0 Å². The molecule has 4 heteroatoms. The third kappa shape index (κ3) is 57.7. The van der Waals surface area contributed by atoms with Gasteiger partial charge in [-0.3, -0.25) is 4.79 Å². The van der Waals surface area contributed by atoms with Crippen molar-refractivity contribution in [1.82, 2.24) is 5.32 Å². The third-order valence-corrected chi connectivity index (χ3v) is 13.5. The molecule has 0 saturated carbocycles. The first kappa shape index (κ1) is 68.8. The Balaban J connectivity index is 3.62. The number of aliphatic hydroxyl groups excluding tert-OH is 2. The summed E-state index contributed by atoms with van der Waals surface area (Å²) in [5, 5.41) is 23.2. The number of amides is 1. The summed E-state index contributed by atoms with van der Waals surface area (Å²) < 4.78 is 0. The van der Waals surface area contributed by atoms with Crippen LogP contribution in [0.3, 0.4) is 0 Å². The van der Waals surface area contributed by atoms with Crippen LogP contribution in [0.5, 0.6) is 0 Å². The predicted molar refractivity (Wildman–Crippen MR) is 322 cm³/mol. The molecule has 0 aromatic heterocycles. The molecule has 0 aliphatic heterocycles. The van der Waals surface area contributed by atoms with Crippen molar-refractivity contribution in [1.29, 1.82) is 0 Å². The van der Waals surface area contributed by atoms with E-state index in [0.717, 1.165) is 83.5 Å². The highest BCUT2D eigenvalue weighted by Gasteiger charge is 2.17. The van der Waals surface area contributed by atoms with Gasteiger partial charge in [0.1, 0.15) is 0 Å². The molecule has 3 N–H and O–H groups in total. The number of allylic oxidation sites excluding steroid dienone is 19. The normalized spacial score (nSPS) is 13.7. The molecule has 1 amide bonds. The largest absolute Gasteiger partial charge is 0.394 e. The number of hydrogen-bond donors (Lipinski definition) is 3. The van der Waals surface area contributed by atoms with Gasteiger partial charge >= 0.3 is 0 Å². The van der Waals surface area contributed by atoms with E-state index in [2.05, 4.69) is 129 Å². The highest BCUT2D eigenvalue weighted by Crippen LogP contribution is 2.17. The summed E-state index contributed by atoms with van der Waals surface area (Å²) in [6, 6.07) is -0.664. The Labute approximate surface area is 448 Å². The van der Waals surface area contributed by atoms with E-state index in [1.54, 1.807) is 6.08 Å². The van der Waals surface area contributed by atoms with Crippen LogP contribution in [0.15, 0.2) is 122 Å². The lowest BCUT2D eigenvalue weighted by Crippen LogP contribution is -2.45. The van der Waals surface area contributed by atoms with E-state index in [-0.39, 0.29) is 12.5 Å². The Hall–Kier alpha value is -3.21. The first-order valence-electron chi connectivity index (χ1n) is 30.7. The molecule has 0 fully saturated rings. The summed E-state index contributed by atoms with van der Waals surface area (Å²) in [5.41, 5.74) is 0. The van der Waals surface area contributed by atoms with Crippen LogP contribution in [0.4, 0.5) is 0 Å². The van der Waals surface area contributed by atoms with Gasteiger partial charge in [0.15, 0.2) is 0 Å². The fourth-order valence-corrected chi connectivity index (χ4v) is 8.83. The second-order valence-corrected chi connectivity index (χ2v) is 20.4. The minimum atomic E-state index is -0.874. The average Bonchev–Trinajstić information content (AvgIpc) is 3.39. The molecular formula is C68H117NO3. The molecule has 0 aromatic carbocycles. The molecule has 4 nitrogen and oxygen atoms in total. The number of carbonyl (C=O) groups excluding carboxylic acids is 1. The Morgan fingerprint density at radius 3 is 0.903 bits per heavy atom. The molecule has 0 spiro atoms. The zero-order chi connectivity index (χ0) is 52.0. The molecule has 0 heterocycles. The van der Waals surface area contributed by atoms with Gasteiger partial charge in [0.25, 0.3) is 0 Å². The second kappa shape index (κ2) is 62.1. The topological polar surface area (TPSA) is 69.6 Å². The maximum Gasteiger partial charge on any atom is 0.220 e. The molecule has 72 heavy (non-hydrogen) atoms. The Bertz CT molecular complexity index is 1410. The van der Waals surface area contributed by atoms with Gasteiger partial charge in [0, 0.05) is 6.42 Å². The molecule has 0 saturated heterocycles. The van der Waals surface area contributed by atoms with Crippen LogP contribution >= 0.6 is 0 Å². The van der Waals surface area contributed by atoms with Crippen molar-refractivity contribution in [3.05, 3.63) is 122 Å². The molecule has 2 unspecified atom stereocenters. The fourth-order valence-electron chi connectivity index (χ4n) is 8.83. The maximum absolute atomic E-state index is 12.5. The predicted octanol–water partition coefficient (Wildman–Crippen LogP) is 20.8. The molecule has 0 aliphatic carbocycles. The number of aliphatic hydroxyl groups is 2. The standard InChI is InChI=1S/C68H117NO3/c1-3-5-7-9-11-13-15-17-19-21-23-25-27-29-31-33-34-36-37-39-41-43-45-47-49-51-53-55-57-59-61-63-67(71)66(65-70)69-68(72)64-62-60-58-56-54-52-50-48-46-44-42-40-38-35-32-30-28-26-24-22-20-18-16-14-12-10-8-6-4-2/h6,8,12,14,18,20,24,26,30,32,38,40,44,46,50,52,56,58,61,63,66-67,70-71H,3-5,7,9-11,13,15-17,19,21-23,25,27-29,31,33-37,39,41-43,45,47-49,51,53-55,57,59-60,62,64-65H2,1-2H3,(H,69,72)/b8-6-,14-12-,20-18-,26-24-,32-30-,40-38-,46-44-,52-50-,58-56-,63-61+. The number of hydrogen-bond acceptors (Lipinski definition) is 3. The minimum absolute atomic E-state index is 0.124. The van der Waals surface area contributed by atoms with Gasteiger partial charge in [-0.05, 0) is 83.5 Å². The number of carbonyl (C=O) groups is 1. The third-order valence-electron chi connectivity index (χ3n) is 13.5. The number of nitrogens with one attached hydrogen (secondary N) is 1. The van der Waals surface area contributed by atoms with Crippen LogP contribution in [0.2, 0.25) is 0 Å². The molecule has 0 aromatic rings. The van der Waals surface area contributed by atoms with Crippen molar-refractivity contribution in [2.45, 2.75) is 296 Å². The van der Waals surface area contributed by atoms with Gasteiger partial charge < -0.3 is 15.5 Å². The maximum atomic E-state index is 12.5. The van der Waals surface area contributed by atoms with E-state index in [4.69, 9.17) is 0 Å². The van der Waals surface area contributed by atoms with E-state index >= 15 is 0 Å². The van der Waals surface area contributed by atoms with Gasteiger partial charge in [0.05, 0.1) is 18.8 Å². The molecule has 0 rings (SSSR count). The van der Waals surface area contributed by atoms with Crippen molar-refractivity contribution in [2.24, 2.45) is 0 Å². The average molecular weight is 997 g/mol. The quantitative estimate of drug-likeness (QED) is 0.0420. The van der Waals surface area contributed by atoms with E-state index in [9.17, 15) is 15.0 Å². The summed E-state index contributed by atoms with van der Waals surface area (Å²) in [7, 11) is 0. The van der Waals surface area contributed by atoms with Gasteiger partial charge in [-0.1, -0.05) is 315 Å². The van der Waals surface area contributed by atoms with Crippen LogP contribution in [0.1, 0.15) is 284 Å². The molecule has 0 aliphatic rings. The summed E-state index contributed by atoms with van der Waals surface area (Å²) in [6.07, 6.45) is 95.3. The van der Waals surface area contributed by atoms with Crippen molar-refractivity contribution in [3.63, 3.8) is 0 Å². The van der Waals surface area contributed by atoms with Crippen LogP contribution < -0.4 is 5.32 Å². The van der Waals surface area contributed by atoms with Gasteiger partial charge in [-0.15, -0.1) is 0 Å². The zero-order valence-corrected chi connectivity index (χ0v) is 47.4. The lowest BCUT2D eigenvalue weighted by molar-refractivity contribution is -0.122. The highest BCUT2D eigenvalue weighted by atomic mass is 16.3. The zero-order valence-electron chi connectivity index (χ0n) is 47.4. The van der Waals surface area contributed by atoms with Crippen molar-refractivity contribution < 1.29 is 15.0 Å². The van der Waals surface area contributed by atoms with E-state index < -0.39 is 12.1 Å². The number of unbranched alkanes of at least 4 members (excludes halogenated alkanes) is 30. The second-order valence-electron chi connectivity index (χ2n) is 20.4. The fraction of sp³-hybridized carbons (Fsp3) is 0.691. The SMILES string of the molecule is CC/C=C\C/C=C\C/C=C\C/C=C\C/C=C\C/C=C\C/C=C\C/C=C\C/C=C\CCCC(=O)NC(CO)C(O)/C=C/CCCCCCCCCCCCCCCCCCCCCCCCCCCCCCC. The summed E-state index contributed by atoms with van der Waals surface area (Å²) in [4.78, 5) is 12.5. The van der Waals surface area contributed by atoms with Crippen molar-refractivity contribution in [2.75, 3.05) is 6.61 Å². The monoisotopic (exact) mass is 996 g/mol. The minimum Gasteiger partial charge on any atom is -0.394 e. The van der Waals surface area contributed by atoms with Crippen molar-refractivity contribution >= 4 is 5.91 Å². The van der Waals surface area contributed by atoms with E-state index in [0.29, 0.717) is 6.42 Å². The molecule has 0 bridgehead atoms. The molecule has 412 valence electrons. The van der Waals surface area contributed by atoms with Gasteiger partial charge in [-0.2, -0.15) is 0 Å². The smallest absolute Gasteiger partial charge is 0.220 e. The van der Waals surface area contributed by atoms with Gasteiger partial charge in [0.2, 0.25) is 5.91 Å². The van der Waals surface area contributed by atoms with Crippen LogP contribution in [0, 0.1) is 0 Å². The summed E-state index contributed by atoms with van der Waals surface area (Å²) in [6.45, 7) is 4.19. The summed E-state index contributed by atoms with van der Waals surface area (Å²) >= 11 is 0. The van der Waals surface area contributed by atoms with Gasteiger partial charge in [-0.25, -0.2) is 0 Å². The van der Waals surface area contributed by atoms with Crippen LogP contribution in [-0.4, -0.2) is 34.9 Å². The Kier molecular flexibility index (Phi) is 59.3. The lowest BCUT2D eigenvalue weighted by Gasteiger charge is -2.19. The number of rotatable bonds is 55. The molecular weight excluding hydrogens is 879 g/mol. The van der Waals surface area contributed by atoms with E-state index in [1.807, 2.05) is 6.08 Å². The Morgan fingerprint density at radius 1 is 0.347 bits per heavy atom. The summed E-state index contributed by atoms with van der Waals surface area (Å²) in [5.74, 6) is -0.124. The highest BCUT2D eigenvalue weighted by molar-refractivity contribution is 5.76. The van der Waals surface area contributed by atoms with Crippen LogP contribution in [0.25, 0.3) is 0 Å². The first-order chi connectivity index (χ1) is 35.7.